The molecule has 1 heterocycles. The molecule has 1 amide bonds. The Hall–Kier alpha value is -2.18. The molecule has 0 unspecified atom stereocenters. The third kappa shape index (κ3) is 4.76. The number of carbonyl (C=O) groups excluding carboxylic acids is 1. The molecule has 3 rings (SSSR count). The van der Waals surface area contributed by atoms with Crippen molar-refractivity contribution in [2.45, 2.75) is 31.7 Å². The highest BCUT2D eigenvalue weighted by atomic mass is 32.2. The molecule has 1 aliphatic heterocycles. The third-order valence-electron chi connectivity index (χ3n) is 4.89. The number of nitrogens with zero attached hydrogens (tertiary/aromatic N) is 1. The molecule has 0 saturated carbocycles. The van der Waals surface area contributed by atoms with Gasteiger partial charge in [-0.15, -0.1) is 0 Å². The van der Waals surface area contributed by atoms with Gasteiger partial charge in [-0.25, -0.2) is 8.42 Å². The third-order valence-corrected chi connectivity index (χ3v) is 6.73. The lowest BCUT2D eigenvalue weighted by Gasteiger charge is -2.34. The van der Waals surface area contributed by atoms with Gasteiger partial charge in [-0.05, 0) is 48.1 Å². The first-order chi connectivity index (χ1) is 12.9. The standard InChI is InChI=1S/C21H26N2O3S/c1-16-12-17(2)15-23(14-16)27(25,26)20-10-8-19(9-11-20)21(24)22-13-18-6-4-3-5-7-18/h3-11,16-17H,12-15H2,1-2H3,(H,22,24)/t16-,17+. The van der Waals surface area contributed by atoms with Crippen molar-refractivity contribution in [3.63, 3.8) is 0 Å². The van der Waals surface area contributed by atoms with E-state index in [2.05, 4.69) is 19.2 Å². The predicted molar refractivity (Wildman–Crippen MR) is 106 cm³/mol. The maximum absolute atomic E-state index is 12.9. The summed E-state index contributed by atoms with van der Waals surface area (Å²) >= 11 is 0. The van der Waals surface area contributed by atoms with Crippen molar-refractivity contribution in [2.24, 2.45) is 11.8 Å². The highest BCUT2D eigenvalue weighted by molar-refractivity contribution is 7.89. The van der Waals surface area contributed by atoms with E-state index in [4.69, 9.17) is 0 Å². The molecule has 5 nitrogen and oxygen atoms in total. The smallest absolute Gasteiger partial charge is 0.251 e. The van der Waals surface area contributed by atoms with Crippen LogP contribution in [0.25, 0.3) is 0 Å². The van der Waals surface area contributed by atoms with Gasteiger partial charge < -0.3 is 5.32 Å². The largest absolute Gasteiger partial charge is 0.348 e. The molecule has 1 N–H and O–H groups in total. The average Bonchev–Trinajstić information content (AvgIpc) is 2.66. The Morgan fingerprint density at radius 2 is 1.59 bits per heavy atom. The summed E-state index contributed by atoms with van der Waals surface area (Å²) in [7, 11) is -3.52. The van der Waals surface area contributed by atoms with E-state index in [0.717, 1.165) is 12.0 Å². The molecule has 1 fully saturated rings. The molecule has 2 aromatic carbocycles. The lowest BCUT2D eigenvalue weighted by Crippen LogP contribution is -2.42. The SMILES string of the molecule is C[C@@H]1C[C@H](C)CN(S(=O)(=O)c2ccc(C(=O)NCc3ccccc3)cc2)C1. The zero-order valence-corrected chi connectivity index (χ0v) is 16.6. The van der Waals surface area contributed by atoms with E-state index in [1.165, 1.54) is 12.1 Å². The molecule has 0 bridgehead atoms. The second-order valence-corrected chi connectivity index (χ2v) is 9.40. The first kappa shape index (κ1) is 19.6. The van der Waals surface area contributed by atoms with Gasteiger partial charge in [0.2, 0.25) is 10.0 Å². The summed E-state index contributed by atoms with van der Waals surface area (Å²) in [6, 6.07) is 15.8. The Bertz CT molecular complexity index is 869. The van der Waals surface area contributed by atoms with Gasteiger partial charge in [0.25, 0.3) is 5.91 Å². The fourth-order valence-corrected chi connectivity index (χ4v) is 5.29. The molecule has 144 valence electrons. The summed E-state index contributed by atoms with van der Waals surface area (Å²) < 4.78 is 27.4. The van der Waals surface area contributed by atoms with Crippen LogP contribution in [0.3, 0.4) is 0 Å². The lowest BCUT2D eigenvalue weighted by molar-refractivity contribution is 0.0951. The summed E-state index contributed by atoms with van der Waals surface area (Å²) in [6.07, 6.45) is 1.05. The van der Waals surface area contributed by atoms with Crippen LogP contribution < -0.4 is 5.32 Å². The first-order valence-electron chi connectivity index (χ1n) is 9.28. The molecule has 6 heteroatoms. The summed E-state index contributed by atoms with van der Waals surface area (Å²) in [5, 5.41) is 2.85. The molecule has 1 saturated heterocycles. The van der Waals surface area contributed by atoms with Gasteiger partial charge in [0.05, 0.1) is 4.90 Å². The highest BCUT2D eigenvalue weighted by Gasteiger charge is 2.31. The molecular formula is C21H26N2O3S. The Balaban J connectivity index is 1.68. The van der Waals surface area contributed by atoms with Gasteiger partial charge in [0.1, 0.15) is 0 Å². The quantitative estimate of drug-likeness (QED) is 0.857. The Morgan fingerprint density at radius 3 is 2.19 bits per heavy atom. The van der Waals surface area contributed by atoms with Crippen molar-refractivity contribution >= 4 is 15.9 Å². The van der Waals surface area contributed by atoms with Crippen LogP contribution in [0, 0.1) is 11.8 Å². The van der Waals surface area contributed by atoms with E-state index in [9.17, 15) is 13.2 Å². The van der Waals surface area contributed by atoms with Gasteiger partial charge in [-0.3, -0.25) is 4.79 Å². The van der Waals surface area contributed by atoms with Crippen LogP contribution in [0.5, 0.6) is 0 Å². The van der Waals surface area contributed by atoms with Crippen molar-refractivity contribution in [3.8, 4) is 0 Å². The molecule has 0 spiro atoms. The Labute approximate surface area is 161 Å². The van der Waals surface area contributed by atoms with Crippen LogP contribution in [0.2, 0.25) is 0 Å². The molecule has 0 radical (unpaired) electrons. The van der Waals surface area contributed by atoms with Crippen molar-refractivity contribution < 1.29 is 13.2 Å². The number of rotatable bonds is 5. The van der Waals surface area contributed by atoms with E-state index >= 15 is 0 Å². The van der Waals surface area contributed by atoms with Crippen LogP contribution >= 0.6 is 0 Å². The number of piperidine rings is 1. The average molecular weight is 387 g/mol. The highest BCUT2D eigenvalue weighted by Crippen LogP contribution is 2.26. The first-order valence-corrected chi connectivity index (χ1v) is 10.7. The van der Waals surface area contributed by atoms with Crippen LogP contribution in [0.15, 0.2) is 59.5 Å². The molecule has 0 aromatic heterocycles. The Morgan fingerprint density at radius 1 is 1.00 bits per heavy atom. The molecule has 27 heavy (non-hydrogen) atoms. The Kier molecular flexibility index (Phi) is 5.97. The number of hydrogen-bond acceptors (Lipinski definition) is 3. The fourth-order valence-electron chi connectivity index (χ4n) is 3.61. The van der Waals surface area contributed by atoms with E-state index in [-0.39, 0.29) is 10.8 Å². The van der Waals surface area contributed by atoms with Gasteiger partial charge in [-0.2, -0.15) is 4.31 Å². The van der Waals surface area contributed by atoms with E-state index in [1.807, 2.05) is 30.3 Å². The number of benzene rings is 2. The van der Waals surface area contributed by atoms with E-state index in [1.54, 1.807) is 16.4 Å². The summed E-state index contributed by atoms with van der Waals surface area (Å²) in [5.41, 5.74) is 1.46. The van der Waals surface area contributed by atoms with Crippen LogP contribution in [-0.4, -0.2) is 31.7 Å². The second kappa shape index (κ2) is 8.23. The maximum Gasteiger partial charge on any atom is 0.251 e. The fraction of sp³-hybridized carbons (Fsp3) is 0.381. The number of sulfonamides is 1. The molecular weight excluding hydrogens is 360 g/mol. The van der Waals surface area contributed by atoms with Crippen LogP contribution in [-0.2, 0) is 16.6 Å². The number of hydrogen-bond donors (Lipinski definition) is 1. The van der Waals surface area contributed by atoms with E-state index < -0.39 is 10.0 Å². The monoisotopic (exact) mass is 386 g/mol. The summed E-state index contributed by atoms with van der Waals surface area (Å²) in [5.74, 6) is 0.487. The minimum Gasteiger partial charge on any atom is -0.348 e. The minimum absolute atomic E-state index is 0.219. The second-order valence-electron chi connectivity index (χ2n) is 7.46. The van der Waals surface area contributed by atoms with Gasteiger partial charge in [-0.1, -0.05) is 44.2 Å². The normalized spacial score (nSPS) is 21.0. The van der Waals surface area contributed by atoms with Crippen molar-refractivity contribution in [3.05, 3.63) is 65.7 Å². The van der Waals surface area contributed by atoms with Crippen molar-refractivity contribution in [2.75, 3.05) is 13.1 Å². The molecule has 0 aliphatic carbocycles. The van der Waals surface area contributed by atoms with E-state index in [0.29, 0.717) is 37.0 Å². The zero-order valence-electron chi connectivity index (χ0n) is 15.8. The number of amides is 1. The zero-order chi connectivity index (χ0) is 19.4. The topological polar surface area (TPSA) is 66.5 Å². The van der Waals surface area contributed by atoms with Gasteiger partial charge in [0, 0.05) is 25.2 Å². The molecule has 2 aromatic rings. The predicted octanol–water partition coefficient (Wildman–Crippen LogP) is 3.28. The van der Waals surface area contributed by atoms with Gasteiger partial charge in [0.15, 0.2) is 0 Å². The van der Waals surface area contributed by atoms with Gasteiger partial charge >= 0.3 is 0 Å². The summed E-state index contributed by atoms with van der Waals surface area (Å²) in [6.45, 7) is 5.69. The minimum atomic E-state index is -3.52. The van der Waals surface area contributed by atoms with Crippen molar-refractivity contribution in [1.29, 1.82) is 0 Å². The van der Waals surface area contributed by atoms with Crippen molar-refractivity contribution in [1.82, 2.24) is 9.62 Å². The maximum atomic E-state index is 12.9. The van der Waals surface area contributed by atoms with Crippen LogP contribution in [0.4, 0.5) is 0 Å². The number of nitrogens with one attached hydrogen (secondary N) is 1. The lowest BCUT2D eigenvalue weighted by atomic mass is 9.94. The molecule has 1 aliphatic rings. The number of carbonyl (C=O) groups is 1. The summed E-state index contributed by atoms with van der Waals surface area (Å²) in [4.78, 5) is 12.5. The van der Waals surface area contributed by atoms with Crippen LogP contribution in [0.1, 0.15) is 36.2 Å². The molecule has 2 atom stereocenters.